The lowest BCUT2D eigenvalue weighted by atomic mass is 9.69. The number of nitrogens with one attached hydrogen (secondary N) is 1. The third-order valence-electron chi connectivity index (χ3n) is 6.06. The molecule has 0 atom stereocenters. The van der Waals surface area contributed by atoms with E-state index >= 15 is 0 Å². The van der Waals surface area contributed by atoms with Crippen molar-refractivity contribution in [2.75, 3.05) is 18.4 Å². The number of hydrogen-bond acceptors (Lipinski definition) is 5. The summed E-state index contributed by atoms with van der Waals surface area (Å²) in [6.45, 7) is 12.3. The maximum absolute atomic E-state index is 13.8. The Bertz CT molecular complexity index is 1020. The maximum atomic E-state index is 13.8. The molecule has 0 aliphatic carbocycles. The number of likely N-dealkylation sites (tertiary alicyclic amines) is 1. The molecule has 1 aliphatic heterocycles. The van der Waals surface area contributed by atoms with Crippen LogP contribution in [-0.4, -0.2) is 45.7 Å². The number of carbonyl (C=O) groups excluding carboxylic acids is 2. The SMILES string of the molecule is Cc1ccc(NC(=O)C2(c3ccccc3C(C)C)CCN(C(=O)OC(C)(C)C)CC2)c(O)n1. The minimum Gasteiger partial charge on any atom is -0.492 e. The second-order valence-corrected chi connectivity index (χ2v) is 10.1. The summed E-state index contributed by atoms with van der Waals surface area (Å²) in [7, 11) is 0. The molecule has 0 unspecified atom stereocenters. The molecule has 0 saturated carbocycles. The first-order valence-electron chi connectivity index (χ1n) is 11.5. The number of carbonyl (C=O) groups is 2. The Balaban J connectivity index is 1.95. The van der Waals surface area contributed by atoms with Gasteiger partial charge in [0, 0.05) is 18.8 Å². The van der Waals surface area contributed by atoms with Gasteiger partial charge >= 0.3 is 6.09 Å². The van der Waals surface area contributed by atoms with Crippen LogP contribution in [-0.2, 0) is 14.9 Å². The van der Waals surface area contributed by atoms with Crippen molar-refractivity contribution in [3.05, 3.63) is 53.2 Å². The highest BCUT2D eigenvalue weighted by Crippen LogP contribution is 2.41. The first-order valence-corrected chi connectivity index (χ1v) is 11.5. The fourth-order valence-corrected chi connectivity index (χ4v) is 4.34. The zero-order chi connectivity index (χ0) is 24.4. The van der Waals surface area contributed by atoms with Crippen molar-refractivity contribution in [1.82, 2.24) is 9.88 Å². The van der Waals surface area contributed by atoms with E-state index in [-0.39, 0.29) is 29.5 Å². The molecular weight excluding hydrogens is 418 g/mol. The fourth-order valence-electron chi connectivity index (χ4n) is 4.34. The van der Waals surface area contributed by atoms with Crippen LogP contribution in [0.3, 0.4) is 0 Å². The van der Waals surface area contributed by atoms with Crippen LogP contribution in [0.2, 0.25) is 0 Å². The molecular formula is C26H35N3O4. The van der Waals surface area contributed by atoms with Gasteiger partial charge in [0.15, 0.2) is 0 Å². The van der Waals surface area contributed by atoms with Crippen LogP contribution >= 0.6 is 0 Å². The second-order valence-electron chi connectivity index (χ2n) is 10.1. The number of nitrogens with zero attached hydrogens (tertiary/aromatic N) is 2. The minimum absolute atomic E-state index is 0.207. The van der Waals surface area contributed by atoms with Crippen molar-refractivity contribution in [1.29, 1.82) is 0 Å². The van der Waals surface area contributed by atoms with Crippen molar-refractivity contribution < 1.29 is 19.4 Å². The van der Waals surface area contributed by atoms with E-state index in [0.29, 0.717) is 31.6 Å². The number of benzene rings is 1. The Kier molecular flexibility index (Phi) is 7.00. The van der Waals surface area contributed by atoms with Crippen LogP contribution < -0.4 is 5.32 Å². The third kappa shape index (κ3) is 5.46. The molecule has 1 saturated heterocycles. The topological polar surface area (TPSA) is 91.8 Å². The molecule has 1 aliphatic rings. The van der Waals surface area contributed by atoms with Crippen LogP contribution in [0.5, 0.6) is 5.88 Å². The molecule has 178 valence electrons. The van der Waals surface area contributed by atoms with E-state index in [1.54, 1.807) is 24.0 Å². The third-order valence-corrected chi connectivity index (χ3v) is 6.06. The normalized spacial score (nSPS) is 15.9. The molecule has 0 spiro atoms. The van der Waals surface area contributed by atoms with Gasteiger partial charge in [-0.05, 0) is 69.7 Å². The number of hydrogen-bond donors (Lipinski definition) is 2. The van der Waals surface area contributed by atoms with Crippen molar-refractivity contribution in [3.63, 3.8) is 0 Å². The lowest BCUT2D eigenvalue weighted by molar-refractivity contribution is -0.123. The van der Waals surface area contributed by atoms with E-state index < -0.39 is 11.0 Å². The van der Waals surface area contributed by atoms with Gasteiger partial charge in [-0.3, -0.25) is 4.79 Å². The van der Waals surface area contributed by atoms with E-state index in [1.807, 2.05) is 39.0 Å². The van der Waals surface area contributed by atoms with E-state index in [4.69, 9.17) is 4.74 Å². The molecule has 2 aromatic rings. The average Bonchev–Trinajstić information content (AvgIpc) is 2.74. The van der Waals surface area contributed by atoms with Gasteiger partial charge in [-0.15, -0.1) is 0 Å². The van der Waals surface area contributed by atoms with Gasteiger partial charge in [0.05, 0.1) is 5.41 Å². The van der Waals surface area contributed by atoms with Gasteiger partial charge in [0.2, 0.25) is 11.8 Å². The number of aryl methyl sites for hydroxylation is 1. The zero-order valence-electron chi connectivity index (χ0n) is 20.4. The van der Waals surface area contributed by atoms with Gasteiger partial charge in [-0.1, -0.05) is 38.1 Å². The lowest BCUT2D eigenvalue weighted by Gasteiger charge is -2.42. The average molecular weight is 454 g/mol. The summed E-state index contributed by atoms with van der Waals surface area (Å²) < 4.78 is 5.54. The summed E-state index contributed by atoms with van der Waals surface area (Å²) in [5.41, 5.74) is 1.57. The molecule has 3 rings (SSSR count). The fraction of sp³-hybridized carbons (Fsp3) is 0.500. The van der Waals surface area contributed by atoms with E-state index in [9.17, 15) is 14.7 Å². The summed E-state index contributed by atoms with van der Waals surface area (Å²) in [5.74, 6) is -0.188. The number of anilines is 1. The van der Waals surface area contributed by atoms with Crippen molar-refractivity contribution >= 4 is 17.7 Å². The first-order chi connectivity index (χ1) is 15.4. The van der Waals surface area contributed by atoms with E-state index in [0.717, 1.165) is 11.1 Å². The smallest absolute Gasteiger partial charge is 0.410 e. The number of rotatable bonds is 4. The number of ether oxygens (including phenoxy) is 1. The first kappa shape index (κ1) is 24.6. The minimum atomic E-state index is -0.850. The van der Waals surface area contributed by atoms with Crippen molar-refractivity contribution in [2.45, 2.75) is 71.3 Å². The summed E-state index contributed by atoms with van der Waals surface area (Å²) in [6, 6.07) is 11.4. The predicted octanol–water partition coefficient (Wildman–Crippen LogP) is 5.13. The van der Waals surface area contributed by atoms with Crippen LogP contribution in [0, 0.1) is 6.92 Å². The van der Waals surface area contributed by atoms with E-state index in [2.05, 4.69) is 30.2 Å². The molecule has 0 bridgehead atoms. The highest BCUT2D eigenvalue weighted by atomic mass is 16.6. The quantitative estimate of drug-likeness (QED) is 0.670. The molecule has 7 heteroatoms. The van der Waals surface area contributed by atoms with Crippen molar-refractivity contribution in [2.24, 2.45) is 0 Å². The molecule has 2 amide bonds. The molecule has 1 fully saturated rings. The number of aromatic hydroxyl groups is 1. The molecule has 7 nitrogen and oxygen atoms in total. The number of pyridine rings is 1. The Labute approximate surface area is 196 Å². The van der Waals surface area contributed by atoms with Crippen LogP contribution in [0.15, 0.2) is 36.4 Å². The summed E-state index contributed by atoms with van der Waals surface area (Å²) in [6.07, 6.45) is 0.526. The number of aromatic nitrogens is 1. The van der Waals surface area contributed by atoms with Gasteiger partial charge in [0.25, 0.3) is 0 Å². The Morgan fingerprint density at radius 1 is 1.12 bits per heavy atom. The Morgan fingerprint density at radius 3 is 2.33 bits per heavy atom. The molecule has 33 heavy (non-hydrogen) atoms. The monoisotopic (exact) mass is 453 g/mol. The van der Waals surface area contributed by atoms with Crippen molar-refractivity contribution in [3.8, 4) is 5.88 Å². The van der Waals surface area contributed by atoms with Gasteiger partial charge in [-0.25, -0.2) is 9.78 Å². The Morgan fingerprint density at radius 2 is 1.76 bits per heavy atom. The number of amides is 2. The van der Waals surface area contributed by atoms with E-state index in [1.165, 1.54) is 0 Å². The van der Waals surface area contributed by atoms with Crippen LogP contribution in [0.4, 0.5) is 10.5 Å². The standard InChI is InChI=1S/C26H35N3O4/c1-17(2)19-9-7-8-10-20(19)26(23(31)28-21-12-11-18(3)27-22(21)30)13-15-29(16-14-26)24(32)33-25(4,5)6/h7-12,17H,13-16H2,1-6H3,(H,27,30)(H,28,31). The van der Waals surface area contributed by atoms with Crippen LogP contribution in [0.25, 0.3) is 0 Å². The molecule has 0 radical (unpaired) electrons. The maximum Gasteiger partial charge on any atom is 0.410 e. The Hall–Kier alpha value is -3.09. The van der Waals surface area contributed by atoms with Crippen LogP contribution in [0.1, 0.15) is 70.2 Å². The second kappa shape index (κ2) is 9.41. The zero-order valence-corrected chi connectivity index (χ0v) is 20.4. The lowest BCUT2D eigenvalue weighted by Crippen LogP contribution is -2.52. The molecule has 1 aromatic heterocycles. The molecule has 2 N–H and O–H groups in total. The van der Waals surface area contributed by atoms with Gasteiger partial charge in [0.1, 0.15) is 11.3 Å². The molecule has 1 aromatic carbocycles. The van der Waals surface area contributed by atoms with Gasteiger partial charge in [-0.2, -0.15) is 0 Å². The summed E-state index contributed by atoms with van der Waals surface area (Å²) in [4.78, 5) is 32.2. The largest absolute Gasteiger partial charge is 0.492 e. The summed E-state index contributed by atoms with van der Waals surface area (Å²) in [5, 5.41) is 13.2. The number of piperidine rings is 1. The molecule has 2 heterocycles. The van der Waals surface area contributed by atoms with Gasteiger partial charge < -0.3 is 20.1 Å². The highest BCUT2D eigenvalue weighted by molar-refractivity contribution is 6.00. The highest BCUT2D eigenvalue weighted by Gasteiger charge is 2.45. The predicted molar refractivity (Wildman–Crippen MR) is 129 cm³/mol. The summed E-state index contributed by atoms with van der Waals surface area (Å²) >= 11 is 0.